The standard InChI is InChI=1S/C9H13NO/c1-4-6-8(5-2)7(3)9(10)11/h4-7H,1-2H2,3H3,(H2,10,11)/b8-6+/t7-/m1/s1. The maximum Gasteiger partial charge on any atom is 0.224 e. The van der Waals surface area contributed by atoms with Gasteiger partial charge in [0, 0.05) is 0 Å². The third kappa shape index (κ3) is 2.85. The quantitative estimate of drug-likeness (QED) is 0.606. The van der Waals surface area contributed by atoms with Gasteiger partial charge in [-0.25, -0.2) is 0 Å². The lowest BCUT2D eigenvalue weighted by atomic mass is 10.0. The van der Waals surface area contributed by atoms with Crippen LogP contribution < -0.4 is 5.73 Å². The molecule has 0 saturated heterocycles. The van der Waals surface area contributed by atoms with Crippen molar-refractivity contribution in [3.05, 3.63) is 37.0 Å². The van der Waals surface area contributed by atoms with Gasteiger partial charge in [-0.2, -0.15) is 0 Å². The van der Waals surface area contributed by atoms with E-state index >= 15 is 0 Å². The number of rotatable bonds is 4. The molecule has 60 valence electrons. The van der Waals surface area contributed by atoms with Crippen molar-refractivity contribution in [3.8, 4) is 0 Å². The summed E-state index contributed by atoms with van der Waals surface area (Å²) in [6, 6.07) is 0. The van der Waals surface area contributed by atoms with Crippen LogP contribution in [0, 0.1) is 5.92 Å². The molecule has 0 aliphatic heterocycles. The van der Waals surface area contributed by atoms with Crippen LogP contribution in [0.3, 0.4) is 0 Å². The Morgan fingerprint density at radius 3 is 2.36 bits per heavy atom. The predicted octanol–water partition coefficient (Wildman–Crippen LogP) is 1.41. The van der Waals surface area contributed by atoms with Gasteiger partial charge >= 0.3 is 0 Å². The lowest BCUT2D eigenvalue weighted by Gasteiger charge is -2.06. The number of amides is 1. The van der Waals surface area contributed by atoms with Gasteiger partial charge in [0.1, 0.15) is 0 Å². The van der Waals surface area contributed by atoms with Crippen molar-refractivity contribution in [2.45, 2.75) is 6.92 Å². The van der Waals surface area contributed by atoms with Gasteiger partial charge in [0.05, 0.1) is 5.92 Å². The molecule has 2 nitrogen and oxygen atoms in total. The van der Waals surface area contributed by atoms with Crippen molar-refractivity contribution in [1.82, 2.24) is 0 Å². The first kappa shape index (κ1) is 9.69. The maximum absolute atomic E-state index is 10.7. The molecule has 0 aromatic rings. The minimum absolute atomic E-state index is 0.287. The van der Waals surface area contributed by atoms with E-state index in [1.807, 2.05) is 0 Å². The van der Waals surface area contributed by atoms with Crippen molar-refractivity contribution in [1.29, 1.82) is 0 Å². The van der Waals surface area contributed by atoms with Crippen molar-refractivity contribution >= 4 is 5.91 Å². The zero-order chi connectivity index (χ0) is 8.85. The Morgan fingerprint density at radius 1 is 1.55 bits per heavy atom. The number of primary amides is 1. The van der Waals surface area contributed by atoms with Crippen LogP contribution in [0.5, 0.6) is 0 Å². The lowest BCUT2D eigenvalue weighted by Crippen LogP contribution is -2.21. The second kappa shape index (κ2) is 4.50. The summed E-state index contributed by atoms with van der Waals surface area (Å²) in [7, 11) is 0. The van der Waals surface area contributed by atoms with Gasteiger partial charge in [-0.1, -0.05) is 31.4 Å². The summed E-state index contributed by atoms with van der Waals surface area (Å²) in [5, 5.41) is 0. The summed E-state index contributed by atoms with van der Waals surface area (Å²) in [5.41, 5.74) is 5.88. The largest absolute Gasteiger partial charge is 0.369 e. The van der Waals surface area contributed by atoms with E-state index in [2.05, 4.69) is 13.2 Å². The third-order valence-electron chi connectivity index (χ3n) is 1.47. The molecule has 0 heterocycles. The molecular weight excluding hydrogens is 138 g/mol. The van der Waals surface area contributed by atoms with E-state index in [1.165, 1.54) is 0 Å². The number of allylic oxidation sites excluding steroid dienone is 3. The van der Waals surface area contributed by atoms with Gasteiger partial charge in [-0.05, 0) is 12.5 Å². The molecule has 2 heteroatoms. The van der Waals surface area contributed by atoms with Crippen molar-refractivity contribution < 1.29 is 4.79 Å². The van der Waals surface area contributed by atoms with Crippen molar-refractivity contribution in [2.75, 3.05) is 0 Å². The highest BCUT2D eigenvalue weighted by atomic mass is 16.1. The number of hydrogen-bond donors (Lipinski definition) is 1. The minimum atomic E-state index is -0.349. The molecule has 1 amide bonds. The minimum Gasteiger partial charge on any atom is -0.369 e. The van der Waals surface area contributed by atoms with Crippen LogP contribution in [0.4, 0.5) is 0 Å². The smallest absolute Gasteiger partial charge is 0.224 e. The van der Waals surface area contributed by atoms with Crippen LogP contribution in [-0.4, -0.2) is 5.91 Å². The Balaban J connectivity index is 4.50. The molecule has 0 fully saturated rings. The Morgan fingerprint density at radius 2 is 2.09 bits per heavy atom. The van der Waals surface area contributed by atoms with E-state index in [1.54, 1.807) is 25.2 Å². The van der Waals surface area contributed by atoms with Gasteiger partial charge in [0.15, 0.2) is 0 Å². The molecule has 0 aromatic carbocycles. The first-order chi connectivity index (χ1) is 5.13. The number of hydrogen-bond acceptors (Lipinski definition) is 1. The molecule has 0 aromatic heterocycles. The first-order valence-corrected chi connectivity index (χ1v) is 3.37. The molecule has 0 rings (SSSR count). The van der Waals surface area contributed by atoms with E-state index < -0.39 is 0 Å². The number of nitrogens with two attached hydrogens (primary N) is 1. The molecule has 0 radical (unpaired) electrons. The highest BCUT2D eigenvalue weighted by Gasteiger charge is 2.10. The summed E-state index contributed by atoms with van der Waals surface area (Å²) in [5.74, 6) is -0.636. The van der Waals surface area contributed by atoms with Gasteiger partial charge in [0.25, 0.3) is 0 Å². The second-order valence-electron chi connectivity index (χ2n) is 2.23. The molecule has 0 unspecified atom stereocenters. The monoisotopic (exact) mass is 151 g/mol. The normalized spacial score (nSPS) is 13.7. The van der Waals surface area contributed by atoms with Crippen LogP contribution in [0.25, 0.3) is 0 Å². The van der Waals surface area contributed by atoms with Gasteiger partial charge in [-0.15, -0.1) is 0 Å². The molecular formula is C9H13NO. The maximum atomic E-state index is 10.7. The predicted molar refractivity (Wildman–Crippen MR) is 46.8 cm³/mol. The Hall–Kier alpha value is -1.31. The third-order valence-corrected chi connectivity index (χ3v) is 1.47. The highest BCUT2D eigenvalue weighted by Crippen LogP contribution is 2.10. The van der Waals surface area contributed by atoms with Gasteiger partial charge < -0.3 is 5.73 Å². The zero-order valence-corrected chi connectivity index (χ0v) is 6.71. The summed E-state index contributed by atoms with van der Waals surface area (Å²) in [6.45, 7) is 8.81. The average Bonchev–Trinajstić information content (AvgIpc) is 1.98. The Kier molecular flexibility index (Phi) is 3.96. The zero-order valence-electron chi connectivity index (χ0n) is 6.71. The van der Waals surface area contributed by atoms with Crippen molar-refractivity contribution in [2.24, 2.45) is 11.7 Å². The Labute approximate surface area is 67.1 Å². The van der Waals surface area contributed by atoms with Gasteiger partial charge in [0.2, 0.25) is 5.91 Å². The molecule has 0 saturated carbocycles. The molecule has 11 heavy (non-hydrogen) atoms. The summed E-state index contributed by atoms with van der Waals surface area (Å²) in [4.78, 5) is 10.7. The van der Waals surface area contributed by atoms with Crippen LogP contribution in [0.2, 0.25) is 0 Å². The highest BCUT2D eigenvalue weighted by molar-refractivity contribution is 5.80. The second-order valence-corrected chi connectivity index (χ2v) is 2.23. The molecule has 1 atom stereocenters. The summed E-state index contributed by atoms with van der Waals surface area (Å²) < 4.78 is 0. The van der Waals surface area contributed by atoms with E-state index in [4.69, 9.17) is 5.73 Å². The fourth-order valence-electron chi connectivity index (χ4n) is 0.690. The fourth-order valence-corrected chi connectivity index (χ4v) is 0.690. The SMILES string of the molecule is C=C/C=C(\C=C)[C@@H](C)C(N)=O. The van der Waals surface area contributed by atoms with Crippen LogP contribution >= 0.6 is 0 Å². The summed E-state index contributed by atoms with van der Waals surface area (Å²) in [6.07, 6.45) is 4.94. The van der Waals surface area contributed by atoms with Crippen LogP contribution in [0.1, 0.15) is 6.92 Å². The lowest BCUT2D eigenvalue weighted by molar-refractivity contribution is -0.120. The molecule has 2 N–H and O–H groups in total. The van der Waals surface area contributed by atoms with Crippen LogP contribution in [0.15, 0.2) is 37.0 Å². The van der Waals surface area contributed by atoms with E-state index in [9.17, 15) is 4.79 Å². The topological polar surface area (TPSA) is 43.1 Å². The van der Waals surface area contributed by atoms with E-state index in [0.717, 1.165) is 5.57 Å². The van der Waals surface area contributed by atoms with E-state index in [0.29, 0.717) is 0 Å². The van der Waals surface area contributed by atoms with E-state index in [-0.39, 0.29) is 11.8 Å². The molecule has 0 aliphatic rings. The Bertz CT molecular complexity index is 204. The molecule has 0 aliphatic carbocycles. The number of carbonyl (C=O) groups is 1. The van der Waals surface area contributed by atoms with Crippen LogP contribution in [-0.2, 0) is 4.79 Å². The average molecular weight is 151 g/mol. The fraction of sp³-hybridized carbons (Fsp3) is 0.222. The number of carbonyl (C=O) groups excluding carboxylic acids is 1. The van der Waals surface area contributed by atoms with Gasteiger partial charge in [-0.3, -0.25) is 4.79 Å². The molecule has 0 spiro atoms. The first-order valence-electron chi connectivity index (χ1n) is 3.37. The van der Waals surface area contributed by atoms with Crippen molar-refractivity contribution in [3.63, 3.8) is 0 Å². The molecule has 0 bridgehead atoms. The summed E-state index contributed by atoms with van der Waals surface area (Å²) >= 11 is 0.